The number of piperazine rings is 2. The first-order chi connectivity index (χ1) is 45.9. The first-order valence-electron chi connectivity index (χ1n) is 30.0. The van der Waals surface area contributed by atoms with Crippen molar-refractivity contribution in [3.05, 3.63) is 176 Å². The number of sulfonamides is 1. The summed E-state index contributed by atoms with van der Waals surface area (Å²) in [5.74, 6) is -4.43. The Bertz CT molecular complexity index is 4680. The van der Waals surface area contributed by atoms with Crippen molar-refractivity contribution in [1.82, 2.24) is 8.61 Å². The molecular weight excluding hydrogens is 1360 g/mol. The van der Waals surface area contributed by atoms with Crippen molar-refractivity contribution in [2.24, 2.45) is 0 Å². The number of para-hydroxylation sites is 1. The molecule has 0 atom stereocenters. The van der Waals surface area contributed by atoms with Gasteiger partial charge < -0.3 is 45.3 Å². The summed E-state index contributed by atoms with van der Waals surface area (Å²) >= 11 is 2.79. The highest BCUT2D eigenvalue weighted by Gasteiger charge is 2.31. The number of carboxylic acid groups (broad SMARTS) is 3. The fourth-order valence-corrected chi connectivity index (χ4v) is 16.8. The second-order valence-corrected chi connectivity index (χ2v) is 30.2. The van der Waals surface area contributed by atoms with Crippen molar-refractivity contribution in [2.45, 2.75) is 32.4 Å². The van der Waals surface area contributed by atoms with Crippen LogP contribution in [0.3, 0.4) is 0 Å². The third-order valence-corrected chi connectivity index (χ3v) is 23.2. The van der Waals surface area contributed by atoms with Gasteiger partial charge in [0.15, 0.2) is 0 Å². The molecule has 9 aromatic carbocycles. The smallest absolute Gasteiger partial charge is 0.313 e. The van der Waals surface area contributed by atoms with Gasteiger partial charge in [0.2, 0.25) is 0 Å². The molecule has 3 aliphatic heterocycles. The van der Waals surface area contributed by atoms with E-state index in [2.05, 4.69) is 24.0 Å². The Morgan fingerprint density at radius 3 is 1.10 bits per heavy atom. The van der Waals surface area contributed by atoms with E-state index in [0.29, 0.717) is 87.1 Å². The van der Waals surface area contributed by atoms with E-state index < -0.39 is 48.3 Å². The summed E-state index contributed by atoms with van der Waals surface area (Å²) in [6.07, 6.45) is 2.18. The molecule has 0 amide bonds. The van der Waals surface area contributed by atoms with Crippen LogP contribution in [-0.4, -0.2) is 165 Å². The maximum Gasteiger partial charge on any atom is 0.313 e. The van der Waals surface area contributed by atoms with Crippen LogP contribution in [0, 0.1) is 5.82 Å². The Hall–Kier alpha value is -8.88. The predicted molar refractivity (Wildman–Crippen MR) is 376 cm³/mol. The number of carbonyl (C=O) groups is 3. The molecule has 96 heavy (non-hydrogen) atoms. The van der Waals surface area contributed by atoms with Crippen LogP contribution in [-0.2, 0) is 44.8 Å². The fraction of sp³-hybridized carbons (Fsp3) is 0.227. The summed E-state index contributed by atoms with van der Waals surface area (Å²) in [5, 5.41) is 61.5. The number of phenols is 3. The first kappa shape index (κ1) is 69.9. The number of carboxylic acids is 3. The fourth-order valence-electron chi connectivity index (χ4n) is 11.1. The zero-order valence-corrected chi connectivity index (χ0v) is 56.1. The van der Waals surface area contributed by atoms with Crippen LogP contribution >= 0.6 is 35.3 Å². The molecule has 9 aromatic rings. The van der Waals surface area contributed by atoms with Crippen LogP contribution < -0.4 is 28.9 Å². The molecule has 0 radical (unpaired) electrons. The van der Waals surface area contributed by atoms with Crippen molar-refractivity contribution >= 4 is 150 Å². The lowest BCUT2D eigenvalue weighted by atomic mass is 10.1. The molecule has 9 N–H and O–H groups in total. The second-order valence-electron chi connectivity index (χ2n) is 22.1. The zero-order chi connectivity index (χ0) is 68.3. The summed E-state index contributed by atoms with van der Waals surface area (Å²) in [7, 11) is -11.7. The average molecular weight is 1420 g/mol. The minimum atomic E-state index is -3.91. The van der Waals surface area contributed by atoms with E-state index in [1.165, 1.54) is 38.9 Å². The maximum atomic E-state index is 13.2. The van der Waals surface area contributed by atoms with Gasteiger partial charge in [0.25, 0.3) is 10.0 Å². The third kappa shape index (κ3) is 17.2. The lowest BCUT2D eigenvalue weighted by Crippen LogP contribution is -2.50. The number of hydrogen-bond donors (Lipinski definition) is 9. The number of halogens is 1. The summed E-state index contributed by atoms with van der Waals surface area (Å²) in [5.41, 5.74) is 3.60. The van der Waals surface area contributed by atoms with Crippen molar-refractivity contribution in [3.63, 3.8) is 0 Å². The van der Waals surface area contributed by atoms with Gasteiger partial charge in [0, 0.05) is 115 Å². The van der Waals surface area contributed by atoms with Crippen molar-refractivity contribution < 1.29 is 74.7 Å². The van der Waals surface area contributed by atoms with Crippen LogP contribution in [0.2, 0.25) is 0 Å². The number of nitrogens with zero attached hydrogens (tertiary/aromatic N) is 5. The third-order valence-electron chi connectivity index (χ3n) is 15.8. The van der Waals surface area contributed by atoms with Gasteiger partial charge in [-0.2, -0.15) is 25.4 Å². The number of benzene rings is 9. The highest BCUT2D eigenvalue weighted by Crippen LogP contribution is 2.44. The molecule has 3 aliphatic rings. The van der Waals surface area contributed by atoms with E-state index in [-0.39, 0.29) is 74.6 Å². The van der Waals surface area contributed by atoms with Crippen molar-refractivity contribution in [1.29, 1.82) is 0 Å². The van der Waals surface area contributed by atoms with Gasteiger partial charge in [-0.15, -0.1) is 35.3 Å². The molecule has 23 nitrogen and oxygen atoms in total. The number of anilines is 6. The number of phenolic OH excluding ortho intramolecular Hbond substituents is 3. The van der Waals surface area contributed by atoms with Crippen LogP contribution in [0.4, 0.5) is 38.5 Å². The predicted octanol–water partition coefficient (Wildman–Crippen LogP) is 10.7. The van der Waals surface area contributed by atoms with E-state index in [1.807, 2.05) is 41.3 Å². The molecule has 0 spiro atoms. The van der Waals surface area contributed by atoms with E-state index in [9.17, 15) is 59.3 Å². The molecule has 3 heterocycles. The number of thioether (sulfide) groups is 3. The summed E-state index contributed by atoms with van der Waals surface area (Å²) in [6.45, 7) is 4.99. The van der Waals surface area contributed by atoms with Crippen LogP contribution in [0.25, 0.3) is 32.3 Å². The Labute approximate surface area is 566 Å². The highest BCUT2D eigenvalue weighted by atomic mass is 32.2. The molecule has 30 heteroatoms. The Morgan fingerprint density at radius 1 is 0.385 bits per heavy atom. The summed E-state index contributed by atoms with van der Waals surface area (Å²) in [6, 6.07) is 47.7. The van der Waals surface area contributed by atoms with Gasteiger partial charge in [-0.1, -0.05) is 97.1 Å². The summed E-state index contributed by atoms with van der Waals surface area (Å²) in [4.78, 5) is 40.2. The molecular formula is C66H67FN8O15S6. The SMILES string of the molecule is O=C(O)CSc1cc(NS(=O)(=O)N2CCN(c3ccc(F)cc3)CC2)c2ccccc2c1O.O=C(O)CSc1cc(NS(=O)(=O)N2CCN(c3ccccc3)CC2)c2ccccc2c1O.O=C(O)CSc1cc(NS(=O)(=O)c2cccc(N3CCCC3)c2)c2ccccc2c1O. The Morgan fingerprint density at radius 2 is 0.719 bits per heavy atom. The van der Waals surface area contributed by atoms with Crippen molar-refractivity contribution in [3.8, 4) is 17.2 Å². The molecule has 504 valence electrons. The normalized spacial score (nSPS) is 14.7. The molecule has 0 unspecified atom stereocenters. The highest BCUT2D eigenvalue weighted by molar-refractivity contribution is 8.00. The van der Waals surface area contributed by atoms with Gasteiger partial charge in [-0.3, -0.25) is 28.5 Å². The van der Waals surface area contributed by atoms with Gasteiger partial charge in [0.05, 0.1) is 53.9 Å². The monoisotopic (exact) mass is 1420 g/mol. The van der Waals surface area contributed by atoms with Gasteiger partial charge in [-0.25, -0.2) is 12.8 Å². The summed E-state index contributed by atoms with van der Waals surface area (Å²) < 4.78 is 103. The topological polar surface area (TPSA) is 327 Å². The number of nitrogens with one attached hydrogen (secondary N) is 3. The molecule has 3 saturated heterocycles. The molecule has 3 fully saturated rings. The zero-order valence-electron chi connectivity index (χ0n) is 51.2. The molecule has 0 saturated carbocycles. The van der Waals surface area contributed by atoms with Gasteiger partial charge in [-0.05, 0) is 85.6 Å². The number of fused-ring (bicyclic) bond motifs is 3. The Balaban J connectivity index is 0.000000157. The van der Waals surface area contributed by atoms with Crippen LogP contribution in [0.15, 0.2) is 189 Å². The van der Waals surface area contributed by atoms with Gasteiger partial charge >= 0.3 is 38.3 Å². The molecule has 0 bridgehead atoms. The number of hydrogen-bond acceptors (Lipinski definition) is 18. The number of aromatic hydroxyl groups is 3. The van der Waals surface area contributed by atoms with Gasteiger partial charge in [0.1, 0.15) is 23.1 Å². The minimum Gasteiger partial charge on any atom is -0.506 e. The van der Waals surface area contributed by atoms with Crippen LogP contribution in [0.5, 0.6) is 17.2 Å². The Kier molecular flexibility index (Phi) is 22.5. The average Bonchev–Trinajstić information content (AvgIpc) is 0.811. The maximum absolute atomic E-state index is 13.2. The number of aliphatic carboxylic acids is 3. The standard InChI is InChI=1S/C22H22FN3O5S2.C22H23N3O5S2.C22H22N2O5S2/c23-15-5-7-16(8-6-15)25-9-11-26(12-10-25)33(30,31)24-19-13-20(32-14-21(27)28)22(29)18-4-2-1-3-17(18)19;26-21(27)15-31-20-14-19(17-8-4-5-9-18(17)22(20)28)23-32(29,30)25-12-10-24(11-13-25)16-6-2-1-3-7-16;25-21(26)14-30-20-13-19(17-8-1-2-9-18(17)22(20)27)23-31(28,29)16-7-5-6-15(12-16)24-10-3-4-11-24/h1-8,13,24,29H,9-12,14H2,(H,27,28);1-9,14,23,28H,10-13,15H2,(H,26,27);1-2,5-9,12-13,23,27H,3-4,10-11,14H2,(H,25,26). The molecule has 0 aliphatic carbocycles. The lowest BCUT2D eigenvalue weighted by molar-refractivity contribution is -0.134. The first-order valence-corrected chi connectivity index (χ1v) is 37.3. The minimum absolute atomic E-state index is 0.0636. The molecule has 0 aromatic heterocycles. The quantitative estimate of drug-likeness (QED) is 0.0238. The van der Waals surface area contributed by atoms with E-state index >= 15 is 0 Å². The number of rotatable bonds is 21. The van der Waals surface area contributed by atoms with E-state index in [0.717, 1.165) is 78.3 Å². The molecule has 12 rings (SSSR count). The lowest BCUT2D eigenvalue weighted by Gasteiger charge is -2.35. The van der Waals surface area contributed by atoms with E-state index in [4.69, 9.17) is 15.3 Å². The van der Waals surface area contributed by atoms with Crippen LogP contribution in [0.1, 0.15) is 12.8 Å². The largest absolute Gasteiger partial charge is 0.506 e. The second kappa shape index (κ2) is 30.9. The van der Waals surface area contributed by atoms with Crippen molar-refractivity contribution in [2.75, 3.05) is 112 Å². The van der Waals surface area contributed by atoms with E-state index in [1.54, 1.807) is 103 Å².